The molecule has 0 spiro atoms. The molecule has 0 amide bonds. The number of aliphatic imine (C=N–C) groups is 1. The van der Waals surface area contributed by atoms with E-state index in [1.807, 2.05) is 18.7 Å². The van der Waals surface area contributed by atoms with Crippen LogP contribution in [0.1, 0.15) is 55.3 Å². The van der Waals surface area contributed by atoms with Crippen molar-refractivity contribution in [1.82, 2.24) is 25.4 Å². The van der Waals surface area contributed by atoms with E-state index in [0.717, 1.165) is 34.6 Å². The third kappa shape index (κ3) is 5.04. The Kier molecular flexibility index (Phi) is 6.21. The number of hydrogen-bond acceptors (Lipinski definition) is 4. The lowest BCUT2D eigenvalue weighted by Gasteiger charge is -2.14. The molecule has 0 aliphatic carbocycles. The van der Waals surface area contributed by atoms with Crippen LogP contribution in [0.25, 0.3) is 0 Å². The number of thiazole rings is 1. The van der Waals surface area contributed by atoms with Crippen LogP contribution in [-0.4, -0.2) is 27.3 Å². The molecule has 2 heterocycles. The molecule has 0 atom stereocenters. The second-order valence-electron chi connectivity index (χ2n) is 7.20. The van der Waals surface area contributed by atoms with E-state index in [-0.39, 0.29) is 5.41 Å². The summed E-state index contributed by atoms with van der Waals surface area (Å²) in [6.07, 6.45) is 0. The zero-order valence-electron chi connectivity index (χ0n) is 16.4. The predicted molar refractivity (Wildman–Crippen MR) is 105 cm³/mol. The summed E-state index contributed by atoms with van der Waals surface area (Å²) in [5.41, 5.74) is 4.60. The summed E-state index contributed by atoms with van der Waals surface area (Å²) in [4.78, 5) is 9.43. The fraction of sp³-hybridized carbons (Fsp3) is 0.611. The van der Waals surface area contributed by atoms with Crippen LogP contribution in [-0.2, 0) is 25.6 Å². The van der Waals surface area contributed by atoms with Crippen LogP contribution in [0.5, 0.6) is 0 Å². The van der Waals surface area contributed by atoms with Crippen molar-refractivity contribution in [3.05, 3.63) is 33.0 Å². The van der Waals surface area contributed by atoms with Crippen molar-refractivity contribution in [1.29, 1.82) is 0 Å². The van der Waals surface area contributed by atoms with Crippen molar-refractivity contribution in [2.24, 2.45) is 12.0 Å². The summed E-state index contributed by atoms with van der Waals surface area (Å²) in [5.74, 6) is 0.803. The van der Waals surface area contributed by atoms with Crippen LogP contribution in [0, 0.1) is 13.8 Å². The van der Waals surface area contributed by atoms with Crippen molar-refractivity contribution in [2.75, 3.05) is 6.54 Å². The van der Waals surface area contributed by atoms with Gasteiger partial charge in [0.25, 0.3) is 0 Å². The molecule has 0 radical (unpaired) electrons. The van der Waals surface area contributed by atoms with Crippen LogP contribution in [0.4, 0.5) is 0 Å². The van der Waals surface area contributed by atoms with Crippen LogP contribution in [0.15, 0.2) is 10.4 Å². The monoisotopic (exact) mass is 362 g/mol. The highest BCUT2D eigenvalue weighted by Gasteiger charge is 2.17. The number of hydrogen-bond donors (Lipinski definition) is 2. The Balaban J connectivity index is 2.04. The lowest BCUT2D eigenvalue weighted by Crippen LogP contribution is -2.36. The molecule has 2 N–H and O–H groups in total. The molecule has 7 heteroatoms. The van der Waals surface area contributed by atoms with Crippen LogP contribution in [0.2, 0.25) is 0 Å². The molecule has 0 unspecified atom stereocenters. The normalized spacial score (nSPS) is 12.5. The van der Waals surface area contributed by atoms with Crippen molar-refractivity contribution < 1.29 is 0 Å². The second kappa shape index (κ2) is 7.99. The summed E-state index contributed by atoms with van der Waals surface area (Å²) < 4.78 is 1.91. The molecule has 2 aromatic rings. The van der Waals surface area contributed by atoms with E-state index in [1.54, 1.807) is 11.3 Å². The Hall–Kier alpha value is -1.89. The van der Waals surface area contributed by atoms with E-state index in [2.05, 4.69) is 55.7 Å². The van der Waals surface area contributed by atoms with Gasteiger partial charge in [0.05, 0.1) is 24.5 Å². The van der Waals surface area contributed by atoms with Gasteiger partial charge in [-0.3, -0.25) is 4.68 Å². The molecule has 0 aromatic carbocycles. The first-order valence-corrected chi connectivity index (χ1v) is 9.56. The van der Waals surface area contributed by atoms with Crippen molar-refractivity contribution >= 4 is 17.3 Å². The van der Waals surface area contributed by atoms with Gasteiger partial charge < -0.3 is 10.6 Å². The minimum atomic E-state index is 0.0860. The van der Waals surface area contributed by atoms with Gasteiger partial charge >= 0.3 is 0 Å². The van der Waals surface area contributed by atoms with Crippen LogP contribution >= 0.6 is 11.3 Å². The Labute approximate surface area is 154 Å². The number of guanidine groups is 1. The van der Waals surface area contributed by atoms with Gasteiger partial charge in [0.2, 0.25) is 0 Å². The molecule has 0 saturated heterocycles. The molecule has 0 aliphatic rings. The van der Waals surface area contributed by atoms with Crippen molar-refractivity contribution in [3.63, 3.8) is 0 Å². The van der Waals surface area contributed by atoms with Crippen LogP contribution in [0.3, 0.4) is 0 Å². The van der Waals surface area contributed by atoms with Crippen molar-refractivity contribution in [2.45, 2.75) is 60.0 Å². The van der Waals surface area contributed by atoms with Gasteiger partial charge in [-0.2, -0.15) is 5.10 Å². The first-order chi connectivity index (χ1) is 11.7. The highest BCUT2D eigenvalue weighted by molar-refractivity contribution is 7.09. The number of nitrogens with zero attached hydrogens (tertiary/aromatic N) is 4. The molecule has 0 bridgehead atoms. The van der Waals surface area contributed by atoms with Gasteiger partial charge in [-0.05, 0) is 20.8 Å². The number of rotatable bonds is 5. The first-order valence-electron chi connectivity index (χ1n) is 8.68. The molecule has 0 fully saturated rings. The fourth-order valence-corrected chi connectivity index (χ4v) is 3.40. The molecule has 0 aliphatic heterocycles. The molecule has 6 nitrogen and oxygen atoms in total. The van der Waals surface area contributed by atoms with E-state index in [9.17, 15) is 0 Å². The van der Waals surface area contributed by atoms with Gasteiger partial charge in [-0.15, -0.1) is 11.3 Å². The zero-order chi connectivity index (χ0) is 18.6. The van der Waals surface area contributed by atoms with E-state index < -0.39 is 0 Å². The predicted octanol–water partition coefficient (Wildman–Crippen LogP) is 3.05. The van der Waals surface area contributed by atoms with Gasteiger partial charge in [-0.25, -0.2) is 9.98 Å². The maximum absolute atomic E-state index is 4.72. The Morgan fingerprint density at radius 3 is 2.52 bits per heavy atom. The topological polar surface area (TPSA) is 67.1 Å². The summed E-state index contributed by atoms with van der Waals surface area (Å²) in [6, 6.07) is 0. The summed E-state index contributed by atoms with van der Waals surface area (Å²) in [5, 5.41) is 14.3. The standard InChI is InChI=1S/C18H30N6S/c1-8-19-17(20-9-14-12(2)23-24(7)13(14)3)21-10-16-22-15(11-25-16)18(4,5)6/h11H,8-10H2,1-7H3,(H2,19,20,21). The quantitative estimate of drug-likeness (QED) is 0.634. The molecule has 2 rings (SSSR count). The molecule has 25 heavy (non-hydrogen) atoms. The Morgan fingerprint density at radius 1 is 1.28 bits per heavy atom. The maximum Gasteiger partial charge on any atom is 0.191 e. The number of aromatic nitrogens is 3. The number of nitrogens with one attached hydrogen (secondary N) is 2. The molecule has 0 saturated carbocycles. The average Bonchev–Trinajstić information content (AvgIpc) is 3.09. The maximum atomic E-state index is 4.72. The summed E-state index contributed by atoms with van der Waals surface area (Å²) >= 11 is 1.69. The highest BCUT2D eigenvalue weighted by atomic mass is 32.1. The minimum absolute atomic E-state index is 0.0860. The summed E-state index contributed by atoms with van der Waals surface area (Å²) in [6.45, 7) is 14.8. The first kappa shape index (κ1) is 19.4. The van der Waals surface area contributed by atoms with Gasteiger partial charge in [-0.1, -0.05) is 20.8 Å². The van der Waals surface area contributed by atoms with Crippen LogP contribution < -0.4 is 10.6 Å². The minimum Gasteiger partial charge on any atom is -0.357 e. The zero-order valence-corrected chi connectivity index (χ0v) is 17.2. The molecule has 2 aromatic heterocycles. The lowest BCUT2D eigenvalue weighted by molar-refractivity contribution is 0.570. The molecular formula is C18H30N6S. The Bertz CT molecular complexity index is 735. The smallest absolute Gasteiger partial charge is 0.191 e. The summed E-state index contributed by atoms with van der Waals surface area (Å²) in [7, 11) is 1.97. The second-order valence-corrected chi connectivity index (χ2v) is 8.14. The Morgan fingerprint density at radius 2 is 2.00 bits per heavy atom. The van der Waals surface area contributed by atoms with E-state index in [4.69, 9.17) is 9.98 Å². The average molecular weight is 363 g/mol. The van der Waals surface area contributed by atoms with E-state index in [1.165, 1.54) is 5.56 Å². The SMILES string of the molecule is CCNC(=NCc1c(C)nn(C)c1C)NCc1nc(C(C)(C)C)cs1. The molecule has 138 valence electrons. The molecular weight excluding hydrogens is 332 g/mol. The fourth-order valence-electron chi connectivity index (χ4n) is 2.44. The third-order valence-electron chi connectivity index (χ3n) is 4.13. The highest BCUT2D eigenvalue weighted by Crippen LogP contribution is 2.23. The largest absolute Gasteiger partial charge is 0.357 e. The van der Waals surface area contributed by atoms with Gasteiger partial charge in [0.15, 0.2) is 5.96 Å². The van der Waals surface area contributed by atoms with E-state index >= 15 is 0 Å². The van der Waals surface area contributed by atoms with Crippen molar-refractivity contribution in [3.8, 4) is 0 Å². The van der Waals surface area contributed by atoms with E-state index in [0.29, 0.717) is 13.1 Å². The lowest BCUT2D eigenvalue weighted by atomic mass is 9.93. The van der Waals surface area contributed by atoms with Gasteiger partial charge in [0, 0.05) is 35.6 Å². The van der Waals surface area contributed by atoms with Gasteiger partial charge in [0.1, 0.15) is 5.01 Å². The third-order valence-corrected chi connectivity index (χ3v) is 4.97. The number of aryl methyl sites for hydroxylation is 2.